The molecule has 31 heavy (non-hydrogen) atoms. The van der Waals surface area contributed by atoms with Gasteiger partial charge >= 0.3 is 6.18 Å². The zero-order valence-electron chi connectivity index (χ0n) is 16.7. The molecule has 8 nitrogen and oxygen atoms in total. The second-order valence-corrected chi connectivity index (χ2v) is 7.12. The Bertz CT molecular complexity index is 1040. The fourth-order valence-corrected chi connectivity index (χ4v) is 3.51. The van der Waals surface area contributed by atoms with Crippen LogP contribution in [0.3, 0.4) is 0 Å². The van der Waals surface area contributed by atoms with Gasteiger partial charge < -0.3 is 9.80 Å². The number of alkyl halides is 3. The summed E-state index contributed by atoms with van der Waals surface area (Å²) in [6, 6.07) is 0.931. The van der Waals surface area contributed by atoms with Crippen molar-refractivity contribution in [2.75, 3.05) is 18.5 Å². The number of amides is 1. The van der Waals surface area contributed by atoms with Crippen molar-refractivity contribution in [2.45, 2.75) is 26.1 Å². The maximum absolute atomic E-state index is 13.4. The van der Waals surface area contributed by atoms with E-state index in [9.17, 15) is 18.0 Å². The molecule has 0 bridgehead atoms. The van der Waals surface area contributed by atoms with Gasteiger partial charge in [-0.3, -0.25) is 9.78 Å². The van der Waals surface area contributed by atoms with Crippen LogP contribution in [0.1, 0.15) is 23.7 Å². The molecule has 3 rings (SSSR count). The molecule has 0 saturated heterocycles. The van der Waals surface area contributed by atoms with Gasteiger partial charge in [0.15, 0.2) is 0 Å². The predicted molar refractivity (Wildman–Crippen MR) is 110 cm³/mol. The van der Waals surface area contributed by atoms with Crippen LogP contribution in [0.25, 0.3) is 0 Å². The molecule has 2 aromatic heterocycles. The van der Waals surface area contributed by atoms with E-state index in [4.69, 9.17) is 11.6 Å². The van der Waals surface area contributed by atoms with Crippen molar-refractivity contribution in [3.63, 3.8) is 0 Å². The van der Waals surface area contributed by atoms with Gasteiger partial charge in [0.25, 0.3) is 5.91 Å². The summed E-state index contributed by atoms with van der Waals surface area (Å²) in [6.07, 6.45) is -0.529. The summed E-state index contributed by atoms with van der Waals surface area (Å²) in [5, 5.41) is 3.27. The number of allylic oxidation sites excluding steroid dienone is 1. The Labute approximate surface area is 181 Å². The number of carbonyl (C=O) groups excluding carboxylic acids is 1. The number of pyridine rings is 1. The lowest BCUT2D eigenvalue weighted by atomic mass is 10.0. The molecule has 164 valence electrons. The molecule has 0 unspecified atom stereocenters. The van der Waals surface area contributed by atoms with Crippen LogP contribution in [0.5, 0.6) is 0 Å². The van der Waals surface area contributed by atoms with Gasteiger partial charge in [0.2, 0.25) is 0 Å². The number of aromatic nitrogens is 3. The molecular weight excluding hydrogens is 435 g/mol. The van der Waals surface area contributed by atoms with Crippen molar-refractivity contribution < 1.29 is 18.0 Å². The van der Waals surface area contributed by atoms with Crippen molar-refractivity contribution in [1.29, 1.82) is 0 Å². The van der Waals surface area contributed by atoms with Gasteiger partial charge in [-0.25, -0.2) is 15.4 Å². The molecule has 1 aliphatic heterocycles. The molecule has 12 heteroatoms. The summed E-state index contributed by atoms with van der Waals surface area (Å²) in [6.45, 7) is 5.66. The lowest BCUT2D eigenvalue weighted by Crippen LogP contribution is -2.33. The van der Waals surface area contributed by atoms with Gasteiger partial charge in [0.05, 0.1) is 29.7 Å². The van der Waals surface area contributed by atoms with Gasteiger partial charge in [-0.15, -0.1) is 0 Å². The fraction of sp³-hybridized carbons (Fsp3) is 0.316. The molecule has 0 aliphatic carbocycles. The summed E-state index contributed by atoms with van der Waals surface area (Å²) in [4.78, 5) is 27.5. The number of fused-ring (bicyclic) bond motifs is 1. The normalized spacial score (nSPS) is 14.5. The predicted octanol–water partition coefficient (Wildman–Crippen LogP) is 3.22. The van der Waals surface area contributed by atoms with E-state index >= 15 is 0 Å². The maximum Gasteiger partial charge on any atom is 0.418 e. The molecule has 0 spiro atoms. The third kappa shape index (κ3) is 4.61. The maximum atomic E-state index is 13.4. The SMILES string of the molecule is C=NNC(=O)/C(Cl)=C(\C)N1CCc2c(ncnc2N(C)c2cnccc2C(F)(F)F)C1. The zero-order chi connectivity index (χ0) is 22.8. The molecule has 1 N–H and O–H groups in total. The molecule has 2 aromatic rings. The minimum atomic E-state index is -4.53. The van der Waals surface area contributed by atoms with E-state index in [0.29, 0.717) is 36.7 Å². The van der Waals surface area contributed by atoms with Crippen LogP contribution in [0.15, 0.2) is 40.6 Å². The van der Waals surface area contributed by atoms with E-state index < -0.39 is 17.6 Å². The number of hydrazone groups is 1. The highest BCUT2D eigenvalue weighted by Gasteiger charge is 2.35. The lowest BCUT2D eigenvalue weighted by molar-refractivity contribution is -0.137. The number of hydrogen-bond acceptors (Lipinski definition) is 7. The monoisotopic (exact) mass is 453 g/mol. The Morgan fingerprint density at radius 3 is 2.81 bits per heavy atom. The summed E-state index contributed by atoms with van der Waals surface area (Å²) in [5.41, 5.74) is 3.14. The van der Waals surface area contributed by atoms with Crippen LogP contribution in [0.2, 0.25) is 0 Å². The molecule has 1 aliphatic rings. The summed E-state index contributed by atoms with van der Waals surface area (Å²) < 4.78 is 40.3. The minimum Gasteiger partial charge on any atom is -0.367 e. The van der Waals surface area contributed by atoms with Gasteiger partial charge in [-0.1, -0.05) is 11.6 Å². The number of rotatable bonds is 5. The Kier molecular flexibility index (Phi) is 6.44. The number of anilines is 2. The zero-order valence-corrected chi connectivity index (χ0v) is 17.5. The standard InChI is InChI=1S/C19H19ClF3N7O/c1-11(16(20)18(31)28-24-2)30-7-5-12-14(9-30)26-10-27-17(12)29(3)15-8-25-6-4-13(15)19(21,22)23/h4,6,8,10H,2,5,7,9H2,1,3H3,(H,28,31)/b16-11-. The summed E-state index contributed by atoms with van der Waals surface area (Å²) in [5.74, 6) is -0.219. The molecular formula is C19H19ClF3N7O. The van der Waals surface area contributed by atoms with Crippen molar-refractivity contribution in [3.05, 3.63) is 52.3 Å². The molecule has 0 atom stereocenters. The van der Waals surface area contributed by atoms with Crippen LogP contribution in [-0.4, -0.2) is 46.1 Å². The first-order valence-corrected chi connectivity index (χ1v) is 9.48. The fourth-order valence-electron chi connectivity index (χ4n) is 3.34. The second kappa shape index (κ2) is 8.88. The second-order valence-electron chi connectivity index (χ2n) is 6.74. The number of carbonyl (C=O) groups is 1. The third-order valence-corrected chi connectivity index (χ3v) is 5.39. The van der Waals surface area contributed by atoms with Crippen molar-refractivity contribution >= 4 is 35.7 Å². The van der Waals surface area contributed by atoms with E-state index in [2.05, 4.69) is 32.2 Å². The van der Waals surface area contributed by atoms with Crippen LogP contribution >= 0.6 is 11.6 Å². The van der Waals surface area contributed by atoms with Crippen molar-refractivity contribution in [1.82, 2.24) is 25.3 Å². The van der Waals surface area contributed by atoms with Gasteiger partial charge in [0.1, 0.15) is 17.2 Å². The van der Waals surface area contributed by atoms with Gasteiger partial charge in [-0.05, 0) is 19.4 Å². The van der Waals surface area contributed by atoms with Crippen LogP contribution in [0.4, 0.5) is 24.7 Å². The number of halogens is 4. The van der Waals surface area contributed by atoms with Gasteiger partial charge in [0, 0.05) is 37.8 Å². The van der Waals surface area contributed by atoms with Crippen LogP contribution < -0.4 is 10.3 Å². The molecule has 0 fully saturated rings. The molecule has 0 radical (unpaired) electrons. The summed E-state index contributed by atoms with van der Waals surface area (Å²) in [7, 11) is 1.51. The molecule has 1 amide bonds. The molecule has 0 aromatic carbocycles. The average molecular weight is 454 g/mol. The van der Waals surface area contributed by atoms with E-state index in [1.165, 1.54) is 18.3 Å². The van der Waals surface area contributed by atoms with Crippen LogP contribution in [0, 0.1) is 0 Å². The highest BCUT2D eigenvalue weighted by atomic mass is 35.5. The van der Waals surface area contributed by atoms with Gasteiger partial charge in [-0.2, -0.15) is 18.3 Å². The third-order valence-electron chi connectivity index (χ3n) is 4.94. The minimum absolute atomic E-state index is 0.0348. The van der Waals surface area contributed by atoms with E-state index in [0.717, 1.165) is 24.0 Å². The first kappa shape index (κ1) is 22.5. The smallest absolute Gasteiger partial charge is 0.367 e. The summed E-state index contributed by atoms with van der Waals surface area (Å²) >= 11 is 6.13. The number of nitrogens with one attached hydrogen (secondary N) is 1. The van der Waals surface area contributed by atoms with Crippen LogP contribution in [-0.2, 0) is 23.9 Å². The highest BCUT2D eigenvalue weighted by Crippen LogP contribution is 2.39. The Balaban J connectivity index is 1.94. The largest absolute Gasteiger partial charge is 0.418 e. The van der Waals surface area contributed by atoms with Crippen molar-refractivity contribution in [2.24, 2.45) is 5.10 Å². The Hall–Kier alpha value is -3.21. The van der Waals surface area contributed by atoms with E-state index in [1.807, 2.05) is 4.90 Å². The first-order chi connectivity index (χ1) is 14.6. The van der Waals surface area contributed by atoms with E-state index in [1.54, 1.807) is 6.92 Å². The first-order valence-electron chi connectivity index (χ1n) is 9.10. The number of nitrogens with zero attached hydrogens (tertiary/aromatic N) is 6. The average Bonchev–Trinajstić information content (AvgIpc) is 2.76. The quantitative estimate of drug-likeness (QED) is 0.425. The lowest BCUT2D eigenvalue weighted by Gasteiger charge is -2.33. The topological polar surface area (TPSA) is 86.6 Å². The number of hydrogen-bond donors (Lipinski definition) is 1. The van der Waals surface area contributed by atoms with Crippen molar-refractivity contribution in [3.8, 4) is 0 Å². The Morgan fingerprint density at radius 2 is 2.13 bits per heavy atom. The molecule has 0 saturated carbocycles. The highest BCUT2D eigenvalue weighted by molar-refractivity contribution is 6.42. The van der Waals surface area contributed by atoms with E-state index in [-0.39, 0.29) is 10.7 Å². The molecule has 3 heterocycles. The Morgan fingerprint density at radius 1 is 1.39 bits per heavy atom.